The number of carbonyl (C=O) groups is 1. The second kappa shape index (κ2) is 6.08. The predicted octanol–water partition coefficient (Wildman–Crippen LogP) is 1.45. The minimum atomic E-state index is -0.355. The van der Waals surface area contributed by atoms with Gasteiger partial charge in [0.05, 0.1) is 29.4 Å². The van der Waals surface area contributed by atoms with Crippen LogP contribution < -0.4 is 10.9 Å². The highest BCUT2D eigenvalue weighted by atomic mass is 16.3. The van der Waals surface area contributed by atoms with Crippen LogP contribution in [0.4, 0.5) is 0 Å². The van der Waals surface area contributed by atoms with Gasteiger partial charge in [0, 0.05) is 19.2 Å². The summed E-state index contributed by atoms with van der Waals surface area (Å²) >= 11 is 0. The molecule has 0 atom stereocenters. The highest BCUT2D eigenvalue weighted by molar-refractivity contribution is 5.82. The van der Waals surface area contributed by atoms with Gasteiger partial charge in [-0.3, -0.25) is 14.0 Å². The van der Waals surface area contributed by atoms with Gasteiger partial charge in [-0.15, -0.1) is 0 Å². The Balaban J connectivity index is 1.35. The highest BCUT2D eigenvalue weighted by Crippen LogP contribution is 2.18. The van der Waals surface area contributed by atoms with E-state index >= 15 is 0 Å². The van der Waals surface area contributed by atoms with E-state index in [1.807, 2.05) is 35.9 Å². The van der Waals surface area contributed by atoms with Gasteiger partial charge in [0.2, 0.25) is 5.91 Å². The zero-order valence-corrected chi connectivity index (χ0v) is 15.0. The molecule has 0 aliphatic rings. The van der Waals surface area contributed by atoms with Crippen molar-refractivity contribution in [2.45, 2.75) is 13.1 Å². The van der Waals surface area contributed by atoms with Crippen molar-refractivity contribution in [3.05, 3.63) is 65.2 Å². The quantitative estimate of drug-likeness (QED) is 0.512. The Morgan fingerprint density at radius 3 is 2.89 bits per heavy atom. The van der Waals surface area contributed by atoms with Crippen molar-refractivity contribution >= 4 is 33.6 Å². The van der Waals surface area contributed by atoms with E-state index in [9.17, 15) is 9.59 Å². The van der Waals surface area contributed by atoms with Gasteiger partial charge in [-0.25, -0.2) is 9.67 Å². The van der Waals surface area contributed by atoms with Crippen molar-refractivity contribution < 1.29 is 9.21 Å². The number of imidazole rings is 1. The number of rotatable bonds is 4. The molecule has 1 N–H and O–H groups in total. The Labute approximate surface area is 157 Å². The molecule has 9 heteroatoms. The number of para-hydroxylation sites is 2. The predicted molar refractivity (Wildman–Crippen MR) is 102 cm³/mol. The number of furan rings is 1. The highest BCUT2D eigenvalue weighted by Gasteiger charge is 2.14. The van der Waals surface area contributed by atoms with E-state index in [1.54, 1.807) is 22.8 Å². The molecule has 0 radical (unpaired) electrons. The van der Waals surface area contributed by atoms with E-state index < -0.39 is 0 Å². The minimum Gasteiger partial charge on any atom is -0.463 e. The molecule has 0 unspecified atom stereocenters. The summed E-state index contributed by atoms with van der Waals surface area (Å²) in [4.78, 5) is 29.5. The standard InChI is InChI=1S/C19H16N6O3/c1-23-13-5-3-2-4-12(13)22-17(23)9-20-18(26)10-25-19(27)15-8-16-14(6-7-28-16)24(15)11-21-25/h2-8,11H,9-10H2,1H3,(H,20,26). The summed E-state index contributed by atoms with van der Waals surface area (Å²) in [6.07, 6.45) is 3.06. The lowest BCUT2D eigenvalue weighted by atomic mass is 10.3. The van der Waals surface area contributed by atoms with Gasteiger partial charge >= 0.3 is 0 Å². The van der Waals surface area contributed by atoms with Crippen LogP contribution in [0.3, 0.4) is 0 Å². The number of hydrogen-bond acceptors (Lipinski definition) is 5. The number of nitrogens with zero attached hydrogens (tertiary/aromatic N) is 5. The molecular formula is C19H16N6O3. The fourth-order valence-electron chi connectivity index (χ4n) is 3.37. The average Bonchev–Trinajstić information content (AvgIpc) is 3.37. The van der Waals surface area contributed by atoms with Crippen LogP contribution in [0.2, 0.25) is 0 Å². The van der Waals surface area contributed by atoms with Gasteiger partial charge in [-0.05, 0) is 12.1 Å². The molecule has 4 aromatic heterocycles. The number of hydrogen-bond donors (Lipinski definition) is 1. The minimum absolute atomic E-state index is 0.175. The fourth-order valence-corrected chi connectivity index (χ4v) is 3.37. The summed E-state index contributed by atoms with van der Waals surface area (Å²) in [5, 5.41) is 6.90. The summed E-state index contributed by atoms with van der Waals surface area (Å²) in [7, 11) is 1.90. The topological polar surface area (TPSA) is 99.4 Å². The number of amides is 1. The van der Waals surface area contributed by atoms with Gasteiger partial charge < -0.3 is 14.3 Å². The molecule has 9 nitrogen and oxygen atoms in total. The van der Waals surface area contributed by atoms with E-state index in [4.69, 9.17) is 4.42 Å². The van der Waals surface area contributed by atoms with Crippen molar-refractivity contribution in [3.63, 3.8) is 0 Å². The molecule has 0 spiro atoms. The smallest absolute Gasteiger partial charge is 0.291 e. The van der Waals surface area contributed by atoms with Crippen LogP contribution in [0.25, 0.3) is 27.6 Å². The first-order valence-corrected chi connectivity index (χ1v) is 8.73. The van der Waals surface area contributed by atoms with Gasteiger partial charge in [0.15, 0.2) is 5.58 Å². The third-order valence-corrected chi connectivity index (χ3v) is 4.84. The van der Waals surface area contributed by atoms with E-state index in [0.717, 1.165) is 27.1 Å². The first-order chi connectivity index (χ1) is 13.6. The SMILES string of the molecule is Cn1c(CNC(=O)Cn2ncn3c(cc4occc43)c2=O)nc2ccccc21. The first kappa shape index (κ1) is 16.3. The maximum Gasteiger partial charge on any atom is 0.291 e. The van der Waals surface area contributed by atoms with Crippen molar-refractivity contribution in [1.29, 1.82) is 0 Å². The molecule has 5 rings (SSSR count). The third-order valence-electron chi connectivity index (χ3n) is 4.84. The van der Waals surface area contributed by atoms with Crippen molar-refractivity contribution in [1.82, 2.24) is 29.0 Å². The molecule has 0 aliphatic carbocycles. The molecule has 1 aromatic carbocycles. The summed E-state index contributed by atoms with van der Waals surface area (Å²) in [6, 6.07) is 11.2. The monoisotopic (exact) mass is 376 g/mol. The third kappa shape index (κ3) is 2.48. The van der Waals surface area contributed by atoms with Crippen LogP contribution in [0.1, 0.15) is 5.82 Å². The lowest BCUT2D eigenvalue weighted by Gasteiger charge is -2.07. The molecule has 0 saturated carbocycles. The van der Waals surface area contributed by atoms with Crippen LogP contribution >= 0.6 is 0 Å². The molecule has 5 aromatic rings. The zero-order valence-electron chi connectivity index (χ0n) is 15.0. The number of fused-ring (bicyclic) bond motifs is 4. The maximum atomic E-state index is 12.6. The largest absolute Gasteiger partial charge is 0.463 e. The summed E-state index contributed by atoms with van der Waals surface area (Å²) in [5.41, 5.74) is 3.28. The number of benzene rings is 1. The lowest BCUT2D eigenvalue weighted by molar-refractivity contribution is -0.122. The molecule has 4 heterocycles. The van der Waals surface area contributed by atoms with Crippen molar-refractivity contribution in [2.24, 2.45) is 7.05 Å². The normalized spacial score (nSPS) is 11.6. The molecule has 0 fully saturated rings. The van der Waals surface area contributed by atoms with Crippen LogP contribution in [0.5, 0.6) is 0 Å². The molecule has 0 saturated heterocycles. The summed E-state index contributed by atoms with van der Waals surface area (Å²) < 4.78 is 10.0. The summed E-state index contributed by atoms with van der Waals surface area (Å²) in [5.74, 6) is 0.415. The van der Waals surface area contributed by atoms with Gasteiger partial charge in [0.1, 0.15) is 24.2 Å². The molecular weight excluding hydrogens is 360 g/mol. The molecule has 0 bridgehead atoms. The van der Waals surface area contributed by atoms with Crippen molar-refractivity contribution in [3.8, 4) is 0 Å². The van der Waals surface area contributed by atoms with E-state index in [0.29, 0.717) is 11.1 Å². The molecule has 28 heavy (non-hydrogen) atoms. The van der Waals surface area contributed by atoms with Crippen molar-refractivity contribution in [2.75, 3.05) is 0 Å². The van der Waals surface area contributed by atoms with E-state index in [1.165, 1.54) is 6.33 Å². The van der Waals surface area contributed by atoms with Crippen LogP contribution in [-0.2, 0) is 24.9 Å². The second-order valence-electron chi connectivity index (χ2n) is 6.52. The number of carbonyl (C=O) groups excluding carboxylic acids is 1. The molecule has 0 aliphatic heterocycles. The first-order valence-electron chi connectivity index (χ1n) is 8.73. The number of aryl methyl sites for hydroxylation is 1. The Morgan fingerprint density at radius 2 is 2.04 bits per heavy atom. The van der Waals surface area contributed by atoms with Gasteiger partial charge in [-0.1, -0.05) is 12.1 Å². The Hall–Kier alpha value is -3.88. The molecule has 140 valence electrons. The Morgan fingerprint density at radius 1 is 1.18 bits per heavy atom. The van der Waals surface area contributed by atoms with Crippen LogP contribution in [-0.4, -0.2) is 29.6 Å². The van der Waals surface area contributed by atoms with Gasteiger partial charge in [-0.2, -0.15) is 5.10 Å². The summed E-state index contributed by atoms with van der Waals surface area (Å²) in [6.45, 7) is 0.0882. The Kier molecular flexibility index (Phi) is 3.54. The lowest BCUT2D eigenvalue weighted by Crippen LogP contribution is -2.34. The second-order valence-corrected chi connectivity index (χ2v) is 6.52. The van der Waals surface area contributed by atoms with E-state index in [2.05, 4.69) is 15.4 Å². The van der Waals surface area contributed by atoms with Gasteiger partial charge in [0.25, 0.3) is 5.56 Å². The maximum absolute atomic E-state index is 12.6. The van der Waals surface area contributed by atoms with Crippen LogP contribution in [0.15, 0.2) is 58.2 Å². The zero-order chi connectivity index (χ0) is 19.3. The fraction of sp³-hybridized carbons (Fsp3) is 0.158. The Bertz CT molecular complexity index is 1400. The average molecular weight is 376 g/mol. The number of nitrogens with one attached hydrogen (secondary N) is 1. The number of aromatic nitrogens is 5. The molecule has 1 amide bonds. The van der Waals surface area contributed by atoms with Crippen LogP contribution in [0, 0.1) is 0 Å². The van der Waals surface area contributed by atoms with E-state index in [-0.39, 0.29) is 24.6 Å².